The van der Waals surface area contributed by atoms with Gasteiger partial charge in [0.05, 0.1) is 5.69 Å². The topological polar surface area (TPSA) is 106 Å². The maximum atomic E-state index is 12.0. The average molecular weight is 405 g/mol. The number of nitrogens with two attached hydrogens (primary N) is 1. The first-order valence-corrected chi connectivity index (χ1v) is 8.94. The van der Waals surface area contributed by atoms with E-state index in [1.54, 1.807) is 12.1 Å². The first-order valence-electron chi connectivity index (χ1n) is 6.37. The largest absolute Gasteiger partial charge is 0.399 e. The normalized spacial score (nSPS) is 11.8. The lowest BCUT2D eigenvalue weighted by Crippen LogP contribution is -2.04. The van der Waals surface area contributed by atoms with Crippen LogP contribution in [0.5, 0.6) is 0 Å². The second kappa shape index (κ2) is 6.02. The van der Waals surface area contributed by atoms with Gasteiger partial charge in [-0.3, -0.25) is 4.55 Å². The number of anilines is 1. The van der Waals surface area contributed by atoms with Gasteiger partial charge >= 0.3 is 0 Å². The third-order valence-electron chi connectivity index (χ3n) is 3.29. The zero-order valence-electron chi connectivity index (χ0n) is 11.7. The molecule has 0 aliphatic rings. The maximum absolute atomic E-state index is 12.0. The fraction of sp³-hybridized carbons (Fsp3) is 0. The molecule has 10 heteroatoms. The lowest BCUT2D eigenvalue weighted by atomic mass is 10.0. The Kier molecular flexibility index (Phi) is 4.31. The maximum Gasteiger partial charge on any atom is 0.295 e. The van der Waals surface area contributed by atoms with E-state index in [0.29, 0.717) is 11.1 Å². The minimum atomic E-state index is -4.61. The van der Waals surface area contributed by atoms with Crippen LogP contribution >= 0.6 is 34.8 Å². The summed E-state index contributed by atoms with van der Waals surface area (Å²) >= 11 is 17.7. The molecule has 0 saturated heterocycles. The second-order valence-electron chi connectivity index (χ2n) is 4.84. The molecule has 0 bridgehead atoms. The van der Waals surface area contributed by atoms with Crippen molar-refractivity contribution in [2.24, 2.45) is 0 Å². The summed E-state index contributed by atoms with van der Waals surface area (Å²) in [5.74, 6) is 0. The molecule has 6 nitrogen and oxygen atoms in total. The van der Waals surface area contributed by atoms with Gasteiger partial charge in [-0.2, -0.15) is 8.42 Å². The summed E-state index contributed by atoms with van der Waals surface area (Å²) in [5.41, 5.74) is 6.20. The number of rotatable bonds is 2. The van der Waals surface area contributed by atoms with E-state index >= 15 is 0 Å². The van der Waals surface area contributed by atoms with Crippen LogP contribution in [0.4, 0.5) is 5.69 Å². The predicted octanol–water partition coefficient (Wildman–Crippen LogP) is 4.09. The molecule has 24 heavy (non-hydrogen) atoms. The summed E-state index contributed by atoms with van der Waals surface area (Å²) in [6, 6.07) is 7.63. The molecule has 1 heterocycles. The van der Waals surface area contributed by atoms with Gasteiger partial charge in [0.15, 0.2) is 5.15 Å². The van der Waals surface area contributed by atoms with Crippen molar-refractivity contribution < 1.29 is 13.0 Å². The van der Waals surface area contributed by atoms with Crippen LogP contribution < -0.4 is 5.73 Å². The molecule has 0 aliphatic carbocycles. The minimum absolute atomic E-state index is 0.00647. The van der Waals surface area contributed by atoms with Crippen LogP contribution in [-0.2, 0) is 10.1 Å². The van der Waals surface area contributed by atoms with Gasteiger partial charge in [-0.25, -0.2) is 9.97 Å². The van der Waals surface area contributed by atoms with Gasteiger partial charge in [-0.15, -0.1) is 0 Å². The van der Waals surface area contributed by atoms with Crippen molar-refractivity contribution in [1.29, 1.82) is 0 Å². The number of aromatic nitrogens is 2. The summed E-state index contributed by atoms with van der Waals surface area (Å²) < 4.78 is 33.7. The van der Waals surface area contributed by atoms with Crippen LogP contribution in [0.1, 0.15) is 0 Å². The van der Waals surface area contributed by atoms with Gasteiger partial charge in [0, 0.05) is 16.6 Å². The van der Waals surface area contributed by atoms with E-state index in [4.69, 9.17) is 40.5 Å². The highest BCUT2D eigenvalue weighted by molar-refractivity contribution is 7.86. The molecule has 0 saturated carbocycles. The van der Waals surface area contributed by atoms with Gasteiger partial charge < -0.3 is 5.73 Å². The lowest BCUT2D eigenvalue weighted by molar-refractivity contribution is 0.484. The minimum Gasteiger partial charge on any atom is -0.399 e. The number of halogens is 3. The molecule has 0 amide bonds. The average Bonchev–Trinajstić information content (AvgIpc) is 2.48. The molecular formula is C14H8Cl3N3O3S. The van der Waals surface area contributed by atoms with Crippen molar-refractivity contribution in [2.75, 3.05) is 5.73 Å². The van der Waals surface area contributed by atoms with Gasteiger partial charge in [0.25, 0.3) is 10.1 Å². The highest BCUT2D eigenvalue weighted by atomic mass is 35.5. The molecule has 3 aromatic rings. The van der Waals surface area contributed by atoms with Crippen LogP contribution in [-0.4, -0.2) is 22.9 Å². The Morgan fingerprint density at radius 3 is 2.42 bits per heavy atom. The Hall–Kier alpha value is -1.64. The Morgan fingerprint density at radius 2 is 1.75 bits per heavy atom. The highest BCUT2D eigenvalue weighted by Crippen LogP contribution is 2.38. The summed E-state index contributed by atoms with van der Waals surface area (Å²) in [5, 5.41) is 0.351. The van der Waals surface area contributed by atoms with E-state index in [1.165, 1.54) is 18.2 Å². The van der Waals surface area contributed by atoms with Crippen molar-refractivity contribution >= 4 is 61.4 Å². The summed E-state index contributed by atoms with van der Waals surface area (Å²) in [6.45, 7) is 0. The standard InChI is InChI=1S/C14H8Cl3N3O3S/c15-10-11(19-14(17)20-13(10)16)9-3-1-6-5-7(18)2-4-8(6)12(9)24(21,22)23/h1-5H,18H2,(H,21,22,23). The summed E-state index contributed by atoms with van der Waals surface area (Å²) in [6.07, 6.45) is 0. The molecule has 2 aromatic carbocycles. The zero-order chi connectivity index (χ0) is 17.6. The number of nitrogens with zero attached hydrogens (tertiary/aromatic N) is 2. The molecule has 0 atom stereocenters. The van der Waals surface area contributed by atoms with Crippen LogP contribution in [0.2, 0.25) is 15.5 Å². The molecule has 3 rings (SSSR count). The number of hydrogen-bond donors (Lipinski definition) is 2. The Morgan fingerprint density at radius 1 is 1.04 bits per heavy atom. The Bertz CT molecular complexity index is 1090. The van der Waals surface area contributed by atoms with Gasteiger partial charge in [0.1, 0.15) is 9.92 Å². The Labute approximate surface area is 151 Å². The molecule has 3 N–H and O–H groups in total. The van der Waals surface area contributed by atoms with E-state index in [0.717, 1.165) is 0 Å². The lowest BCUT2D eigenvalue weighted by Gasteiger charge is -2.12. The van der Waals surface area contributed by atoms with Crippen LogP contribution in [0.15, 0.2) is 35.2 Å². The molecule has 0 aliphatic heterocycles. The number of fused-ring (bicyclic) bond motifs is 1. The van der Waals surface area contributed by atoms with Gasteiger partial charge in [-0.05, 0) is 29.1 Å². The summed E-state index contributed by atoms with van der Waals surface area (Å²) in [7, 11) is -4.61. The molecule has 0 unspecified atom stereocenters. The first-order chi connectivity index (χ1) is 11.2. The monoisotopic (exact) mass is 403 g/mol. The molecule has 0 radical (unpaired) electrons. The van der Waals surface area contributed by atoms with E-state index in [2.05, 4.69) is 9.97 Å². The molecular weight excluding hydrogens is 397 g/mol. The van der Waals surface area contributed by atoms with Gasteiger partial charge in [-0.1, -0.05) is 41.4 Å². The molecule has 1 aromatic heterocycles. The zero-order valence-corrected chi connectivity index (χ0v) is 14.7. The van der Waals surface area contributed by atoms with Crippen molar-refractivity contribution in [3.63, 3.8) is 0 Å². The van der Waals surface area contributed by atoms with E-state index < -0.39 is 10.1 Å². The second-order valence-corrected chi connectivity index (χ2v) is 7.28. The van der Waals surface area contributed by atoms with E-state index in [1.807, 2.05) is 0 Å². The highest BCUT2D eigenvalue weighted by Gasteiger charge is 2.24. The van der Waals surface area contributed by atoms with E-state index in [-0.39, 0.29) is 37.0 Å². The molecule has 0 spiro atoms. The van der Waals surface area contributed by atoms with Crippen LogP contribution in [0.25, 0.3) is 22.0 Å². The van der Waals surface area contributed by atoms with Crippen molar-refractivity contribution in [3.05, 3.63) is 45.8 Å². The Balaban J connectivity index is 2.48. The first kappa shape index (κ1) is 17.2. The van der Waals surface area contributed by atoms with Gasteiger partial charge in [0.2, 0.25) is 5.28 Å². The third-order valence-corrected chi connectivity index (χ3v) is 5.14. The molecule has 0 fully saturated rings. The van der Waals surface area contributed by atoms with Crippen LogP contribution in [0.3, 0.4) is 0 Å². The quantitative estimate of drug-likeness (QED) is 0.288. The smallest absolute Gasteiger partial charge is 0.295 e. The number of nitrogen functional groups attached to an aromatic ring is 1. The fourth-order valence-corrected chi connectivity index (χ4v) is 3.83. The number of benzene rings is 2. The van der Waals surface area contributed by atoms with Crippen molar-refractivity contribution in [2.45, 2.75) is 4.90 Å². The van der Waals surface area contributed by atoms with E-state index in [9.17, 15) is 13.0 Å². The predicted molar refractivity (Wildman–Crippen MR) is 94.2 cm³/mol. The fourth-order valence-electron chi connectivity index (χ4n) is 2.36. The SMILES string of the molecule is Nc1ccc2c(S(=O)(=O)O)c(-c3nc(Cl)nc(Cl)c3Cl)ccc2c1. The molecule has 124 valence electrons. The summed E-state index contributed by atoms with van der Waals surface area (Å²) in [4.78, 5) is 7.26. The van der Waals surface area contributed by atoms with Crippen molar-refractivity contribution in [1.82, 2.24) is 9.97 Å². The van der Waals surface area contributed by atoms with Crippen LogP contribution in [0, 0.1) is 0 Å². The number of hydrogen-bond acceptors (Lipinski definition) is 5. The van der Waals surface area contributed by atoms with Crippen molar-refractivity contribution in [3.8, 4) is 11.3 Å². The third kappa shape index (κ3) is 3.01.